The Bertz CT molecular complexity index is 619. The van der Waals surface area contributed by atoms with E-state index < -0.39 is 87.7 Å². The summed E-state index contributed by atoms with van der Waals surface area (Å²) in [6, 6.07) is 0. The quantitative estimate of drug-likeness (QED) is 0.378. The molecule has 0 aromatic heterocycles. The molecule has 11 heteroatoms. The van der Waals surface area contributed by atoms with Crippen LogP contribution in [0.2, 0.25) is 0 Å². The Balaban J connectivity index is 3.30. The molecule has 1 heterocycles. The van der Waals surface area contributed by atoms with Crippen molar-refractivity contribution >= 4 is 35.5 Å². The van der Waals surface area contributed by atoms with Crippen molar-refractivity contribution in [2.45, 2.75) is 57.3 Å². The molecule has 1 N–H and O–H groups in total. The minimum Gasteiger partial charge on any atom is -0.463 e. The fraction of sp³-hybridized carbons (Fsp3) is 0.714. The number of hydrogen-bond donors (Lipinski definition) is 1. The standard InChI is InChI=1S/C14H19ClO10/c1-6(16)21-5-10-11(22-7(2)17)12(23-8(3)18)13(24-9(4)19)14(15,20)25-10/h10-13,20H,5H2,1-4H3/t10-,11-,12+,13-,14?/m1/s1/i1D,2D,3D,4D. The first-order chi connectivity index (χ1) is 13.6. The number of carbonyl (C=O) groups excluding carboxylic acids is 4. The van der Waals surface area contributed by atoms with Gasteiger partial charge in [-0.25, -0.2) is 0 Å². The zero-order valence-electron chi connectivity index (χ0n) is 16.8. The maximum Gasteiger partial charge on any atom is 0.303 e. The molecule has 0 aromatic rings. The van der Waals surface area contributed by atoms with E-state index in [-0.39, 0.29) is 0 Å². The van der Waals surface area contributed by atoms with Crippen LogP contribution in [0.15, 0.2) is 0 Å². The van der Waals surface area contributed by atoms with Gasteiger partial charge >= 0.3 is 23.9 Å². The molecular formula is C14H19ClO10. The molecular weight excluding hydrogens is 364 g/mol. The Morgan fingerprint density at radius 2 is 1.52 bits per heavy atom. The zero-order chi connectivity index (χ0) is 22.2. The fourth-order valence-corrected chi connectivity index (χ4v) is 2.38. The number of carbonyl (C=O) groups is 4. The van der Waals surface area contributed by atoms with E-state index in [9.17, 15) is 24.3 Å². The van der Waals surface area contributed by atoms with Crippen LogP contribution < -0.4 is 0 Å². The fourth-order valence-electron chi connectivity index (χ4n) is 2.09. The Morgan fingerprint density at radius 1 is 1.00 bits per heavy atom. The molecule has 5 atom stereocenters. The number of aliphatic hydroxyl groups is 1. The molecule has 10 nitrogen and oxygen atoms in total. The largest absolute Gasteiger partial charge is 0.463 e. The van der Waals surface area contributed by atoms with Gasteiger partial charge in [-0.3, -0.25) is 19.2 Å². The molecule has 0 bridgehead atoms. The van der Waals surface area contributed by atoms with Crippen molar-refractivity contribution < 1.29 is 53.5 Å². The number of alkyl halides is 1. The molecule has 1 unspecified atom stereocenters. The molecule has 0 aromatic carbocycles. The first-order valence-corrected chi connectivity index (χ1v) is 6.97. The van der Waals surface area contributed by atoms with Crippen molar-refractivity contribution in [1.29, 1.82) is 0 Å². The van der Waals surface area contributed by atoms with Crippen LogP contribution in [0.3, 0.4) is 0 Å². The van der Waals surface area contributed by atoms with Crippen molar-refractivity contribution in [2.75, 3.05) is 6.61 Å². The molecule has 25 heavy (non-hydrogen) atoms. The summed E-state index contributed by atoms with van der Waals surface area (Å²) < 4.78 is 52.6. The third-order valence-electron chi connectivity index (χ3n) is 2.86. The lowest BCUT2D eigenvalue weighted by Crippen LogP contribution is -2.66. The van der Waals surface area contributed by atoms with Gasteiger partial charge in [0.05, 0.1) is 0 Å². The molecule has 1 aliphatic heterocycles. The van der Waals surface area contributed by atoms with Crippen LogP contribution in [0.4, 0.5) is 0 Å². The maximum absolute atomic E-state index is 11.7. The second kappa shape index (κ2) is 8.45. The predicted octanol–water partition coefficient (Wildman–Crippen LogP) is -0.372. The Hall–Kier alpha value is -1.91. The minimum atomic E-state index is -2.86. The third-order valence-corrected chi connectivity index (χ3v) is 3.16. The van der Waals surface area contributed by atoms with Gasteiger partial charge in [0.1, 0.15) is 12.7 Å². The summed E-state index contributed by atoms with van der Waals surface area (Å²) in [4.78, 5) is 46.1. The van der Waals surface area contributed by atoms with E-state index in [0.717, 1.165) is 0 Å². The van der Waals surface area contributed by atoms with Crippen LogP contribution in [0.1, 0.15) is 33.1 Å². The highest BCUT2D eigenvalue weighted by molar-refractivity contribution is 6.22. The highest BCUT2D eigenvalue weighted by Gasteiger charge is 2.59. The first kappa shape index (κ1) is 15.4. The van der Waals surface area contributed by atoms with E-state index in [0.29, 0.717) is 0 Å². The molecule has 142 valence electrons. The molecule has 0 amide bonds. The lowest BCUT2D eigenvalue weighted by atomic mass is 9.98. The van der Waals surface area contributed by atoms with E-state index >= 15 is 0 Å². The van der Waals surface area contributed by atoms with Gasteiger partial charge in [0.2, 0.25) is 6.10 Å². The lowest BCUT2D eigenvalue weighted by molar-refractivity contribution is -0.316. The Labute approximate surface area is 153 Å². The van der Waals surface area contributed by atoms with Crippen LogP contribution in [0.25, 0.3) is 0 Å². The minimum absolute atomic E-state index is 0.712. The van der Waals surface area contributed by atoms with Crippen molar-refractivity contribution in [3.05, 3.63) is 0 Å². The summed E-state index contributed by atoms with van der Waals surface area (Å²) in [5.41, 5.74) is 0. The van der Waals surface area contributed by atoms with E-state index in [2.05, 4.69) is 0 Å². The van der Waals surface area contributed by atoms with Crippen LogP contribution in [0.5, 0.6) is 0 Å². The highest BCUT2D eigenvalue weighted by Crippen LogP contribution is 2.36. The highest BCUT2D eigenvalue weighted by atomic mass is 35.5. The van der Waals surface area contributed by atoms with Crippen molar-refractivity contribution in [3.63, 3.8) is 0 Å². The Kier molecular flexibility index (Phi) is 5.19. The van der Waals surface area contributed by atoms with Gasteiger partial charge in [0.25, 0.3) is 5.25 Å². The number of ether oxygens (including phenoxy) is 5. The van der Waals surface area contributed by atoms with E-state index in [1.807, 2.05) is 0 Å². The summed E-state index contributed by atoms with van der Waals surface area (Å²) in [5, 5.41) is 7.49. The van der Waals surface area contributed by atoms with E-state index in [4.69, 9.17) is 40.8 Å². The van der Waals surface area contributed by atoms with Gasteiger partial charge in [-0.05, 0) is 0 Å². The summed E-state index contributed by atoms with van der Waals surface area (Å²) in [6.07, 6.45) is -7.05. The number of hydrogen-bond acceptors (Lipinski definition) is 10. The van der Waals surface area contributed by atoms with Gasteiger partial charge in [-0.1, -0.05) is 11.6 Å². The normalized spacial score (nSPS) is 33.7. The van der Waals surface area contributed by atoms with Gasteiger partial charge in [0.15, 0.2) is 12.2 Å². The molecule has 1 saturated heterocycles. The molecule has 1 aliphatic rings. The molecule has 0 aliphatic carbocycles. The zero-order valence-corrected chi connectivity index (χ0v) is 13.6. The van der Waals surface area contributed by atoms with Crippen molar-refractivity contribution in [1.82, 2.24) is 0 Å². The van der Waals surface area contributed by atoms with Crippen molar-refractivity contribution in [3.8, 4) is 0 Å². The summed E-state index contributed by atoms with van der Waals surface area (Å²) in [6.45, 7) is -4.12. The van der Waals surface area contributed by atoms with Gasteiger partial charge in [0, 0.05) is 33.1 Å². The van der Waals surface area contributed by atoms with Crippen LogP contribution in [0, 0.1) is 0 Å². The van der Waals surface area contributed by atoms with Gasteiger partial charge < -0.3 is 28.8 Å². The smallest absolute Gasteiger partial charge is 0.303 e. The average molecular weight is 387 g/mol. The molecule has 1 rings (SSSR count). The van der Waals surface area contributed by atoms with Crippen LogP contribution in [-0.2, 0) is 42.9 Å². The van der Waals surface area contributed by atoms with Gasteiger partial charge in [-0.15, -0.1) is 0 Å². The van der Waals surface area contributed by atoms with Gasteiger partial charge in [-0.2, -0.15) is 0 Å². The van der Waals surface area contributed by atoms with Crippen LogP contribution in [-0.4, -0.2) is 65.3 Å². The van der Waals surface area contributed by atoms with E-state index in [1.165, 1.54) is 0 Å². The SMILES string of the molecule is [2H]CC(=O)OC[C@H]1OC(O)(Cl)[C@H](OC(=O)C[2H])[C@@H](OC(=O)C[2H])[C@@H]1OC(=O)C[2H]. The molecule has 0 saturated carbocycles. The van der Waals surface area contributed by atoms with Crippen LogP contribution >= 0.6 is 11.6 Å². The Morgan fingerprint density at radius 3 is 2.08 bits per heavy atom. The molecule has 0 radical (unpaired) electrons. The number of esters is 4. The van der Waals surface area contributed by atoms with E-state index in [1.54, 1.807) is 0 Å². The number of rotatable bonds is 5. The maximum atomic E-state index is 11.7. The lowest BCUT2D eigenvalue weighted by Gasteiger charge is -2.45. The summed E-state index contributed by atoms with van der Waals surface area (Å²) >= 11 is 5.84. The topological polar surface area (TPSA) is 135 Å². The monoisotopic (exact) mass is 386 g/mol. The molecule has 1 fully saturated rings. The molecule has 0 spiro atoms. The summed E-state index contributed by atoms with van der Waals surface area (Å²) in [7, 11) is 0. The predicted molar refractivity (Wildman–Crippen MR) is 79.0 cm³/mol. The third kappa shape index (κ3) is 6.15. The number of halogens is 1. The first-order valence-electron chi connectivity index (χ1n) is 9.42. The average Bonchev–Trinajstić information content (AvgIpc) is 2.69. The summed E-state index contributed by atoms with van der Waals surface area (Å²) in [5.74, 6) is -4.51. The second-order valence-corrected chi connectivity index (χ2v) is 5.31. The second-order valence-electron chi connectivity index (χ2n) is 4.77. The van der Waals surface area contributed by atoms with Crippen molar-refractivity contribution in [2.24, 2.45) is 0 Å².